The largest absolute Gasteiger partial charge is 0.319 e. The predicted octanol–water partition coefficient (Wildman–Crippen LogP) is 0.927. The van der Waals surface area contributed by atoms with Gasteiger partial charge in [0.05, 0.1) is 13.0 Å². The number of fused-ring (bicyclic) bond motifs is 1. The van der Waals surface area contributed by atoms with Crippen LogP contribution >= 0.6 is 0 Å². The molecule has 0 aromatic heterocycles. The molecule has 1 N–H and O–H groups in total. The molecule has 0 radical (unpaired) electrons. The molecule has 1 aromatic carbocycles. The van der Waals surface area contributed by atoms with Crippen molar-refractivity contribution in [2.45, 2.75) is 19.8 Å². The van der Waals surface area contributed by atoms with E-state index in [-0.39, 0.29) is 18.2 Å². The van der Waals surface area contributed by atoms with Crippen LogP contribution in [0.15, 0.2) is 18.2 Å². The van der Waals surface area contributed by atoms with E-state index < -0.39 is 0 Å². The second-order valence-corrected chi connectivity index (χ2v) is 4.68. The Hall–Kier alpha value is -1.68. The van der Waals surface area contributed by atoms with E-state index in [1.165, 1.54) is 12.5 Å². The fraction of sp³-hybridized carbons (Fsp3) is 0.429. The highest BCUT2D eigenvalue weighted by Crippen LogP contribution is 2.29. The van der Waals surface area contributed by atoms with E-state index in [1.807, 2.05) is 19.2 Å². The molecule has 18 heavy (non-hydrogen) atoms. The predicted molar refractivity (Wildman–Crippen MR) is 70.8 cm³/mol. The second kappa shape index (κ2) is 5.31. The van der Waals surface area contributed by atoms with Gasteiger partial charge in [0.15, 0.2) is 0 Å². The highest BCUT2D eigenvalue weighted by molar-refractivity contribution is 6.05. The Morgan fingerprint density at radius 3 is 2.89 bits per heavy atom. The number of rotatable bonds is 5. The van der Waals surface area contributed by atoms with Crippen LogP contribution in [0, 0.1) is 0 Å². The Morgan fingerprint density at radius 1 is 1.44 bits per heavy atom. The molecule has 2 rings (SSSR count). The molecule has 96 valence electrons. The van der Waals surface area contributed by atoms with Crippen LogP contribution in [0.4, 0.5) is 5.69 Å². The zero-order valence-corrected chi connectivity index (χ0v) is 10.8. The highest BCUT2D eigenvalue weighted by atomic mass is 16.2. The van der Waals surface area contributed by atoms with E-state index >= 15 is 0 Å². The summed E-state index contributed by atoms with van der Waals surface area (Å²) in [6.45, 7) is 2.61. The first-order valence-corrected chi connectivity index (χ1v) is 6.18. The molecular weight excluding hydrogens is 228 g/mol. The minimum absolute atomic E-state index is 0.00968. The van der Waals surface area contributed by atoms with Crippen molar-refractivity contribution in [1.82, 2.24) is 5.32 Å². The smallest absolute Gasteiger partial charge is 0.231 e. The summed E-state index contributed by atoms with van der Waals surface area (Å²) in [5, 5.41) is 3.11. The summed E-state index contributed by atoms with van der Waals surface area (Å²) in [6, 6.07) is 6.06. The van der Waals surface area contributed by atoms with Crippen molar-refractivity contribution in [3.05, 3.63) is 29.3 Å². The van der Waals surface area contributed by atoms with Crippen molar-refractivity contribution < 1.29 is 9.59 Å². The van der Waals surface area contributed by atoms with Crippen LogP contribution in [-0.2, 0) is 22.4 Å². The fourth-order valence-electron chi connectivity index (χ4n) is 2.26. The number of carbonyl (C=O) groups excluding carboxylic acids is 2. The van der Waals surface area contributed by atoms with Gasteiger partial charge < -0.3 is 10.2 Å². The maximum Gasteiger partial charge on any atom is 0.231 e. The molecule has 0 atom stereocenters. The molecule has 0 saturated heterocycles. The number of benzene rings is 1. The number of Topliss-reactive ketones (excluding diaryl/α,β-unsaturated/α-hetero) is 1. The van der Waals surface area contributed by atoms with Crippen molar-refractivity contribution in [3.8, 4) is 0 Å². The number of hydrogen-bond donors (Lipinski definition) is 1. The Morgan fingerprint density at radius 2 is 2.22 bits per heavy atom. The molecule has 1 aliphatic rings. The number of likely N-dealkylation sites (N-methyl/N-ethyl adjacent to an activating group) is 1. The van der Waals surface area contributed by atoms with Crippen molar-refractivity contribution in [3.63, 3.8) is 0 Å². The molecule has 1 amide bonds. The molecule has 4 nitrogen and oxygen atoms in total. The number of nitrogens with zero attached hydrogens (tertiary/aromatic N) is 1. The third kappa shape index (κ3) is 2.59. The van der Waals surface area contributed by atoms with Crippen molar-refractivity contribution in [2.75, 3.05) is 25.0 Å². The first kappa shape index (κ1) is 12.8. The number of hydrogen-bond acceptors (Lipinski definition) is 3. The van der Waals surface area contributed by atoms with Gasteiger partial charge in [0.1, 0.15) is 5.78 Å². The molecule has 1 heterocycles. The van der Waals surface area contributed by atoms with Gasteiger partial charge in [0.25, 0.3) is 0 Å². The first-order chi connectivity index (χ1) is 8.61. The third-order valence-electron chi connectivity index (χ3n) is 3.12. The van der Waals surface area contributed by atoms with Gasteiger partial charge in [-0.25, -0.2) is 0 Å². The van der Waals surface area contributed by atoms with Gasteiger partial charge in [0.2, 0.25) is 5.91 Å². The molecule has 4 heteroatoms. The lowest BCUT2D eigenvalue weighted by atomic mass is 10.1. The van der Waals surface area contributed by atoms with Crippen LogP contribution in [0.5, 0.6) is 0 Å². The summed E-state index contributed by atoms with van der Waals surface area (Å²) in [5.74, 6) is 0.0291. The number of carbonyl (C=O) groups is 2. The summed E-state index contributed by atoms with van der Waals surface area (Å²) in [5.41, 5.74) is 3.15. The monoisotopic (exact) mass is 246 g/mol. The zero-order chi connectivity index (χ0) is 13.1. The van der Waals surface area contributed by atoms with E-state index in [0.29, 0.717) is 6.42 Å². The van der Waals surface area contributed by atoms with Crippen LogP contribution in [0.1, 0.15) is 18.1 Å². The maximum atomic E-state index is 11.9. The molecule has 1 aliphatic heterocycles. The molecule has 0 bridgehead atoms. The fourth-order valence-corrected chi connectivity index (χ4v) is 2.26. The lowest BCUT2D eigenvalue weighted by molar-refractivity contribution is -0.121. The number of anilines is 1. The Balaban J connectivity index is 2.21. The van der Waals surface area contributed by atoms with E-state index in [2.05, 4.69) is 11.4 Å². The van der Waals surface area contributed by atoms with Gasteiger partial charge in [-0.3, -0.25) is 9.59 Å². The van der Waals surface area contributed by atoms with Crippen molar-refractivity contribution in [1.29, 1.82) is 0 Å². The van der Waals surface area contributed by atoms with Gasteiger partial charge in [-0.2, -0.15) is 0 Å². The van der Waals surface area contributed by atoms with Crippen molar-refractivity contribution >= 4 is 17.4 Å². The highest BCUT2D eigenvalue weighted by Gasteiger charge is 2.27. The quantitative estimate of drug-likeness (QED) is 0.840. The van der Waals surface area contributed by atoms with E-state index in [1.54, 1.807) is 4.90 Å². The standard InChI is InChI=1S/C14H18N2O2/c1-10(17)9-16-13-4-3-11(5-6-15-2)7-12(13)8-14(16)18/h3-4,7,15H,5-6,8-9H2,1-2H3. The van der Waals surface area contributed by atoms with Gasteiger partial charge in [-0.05, 0) is 44.1 Å². The molecule has 0 spiro atoms. The minimum atomic E-state index is 0.00968. The number of nitrogens with one attached hydrogen (secondary N) is 1. The van der Waals surface area contributed by atoms with Crippen LogP contribution in [0.3, 0.4) is 0 Å². The summed E-state index contributed by atoms with van der Waals surface area (Å²) >= 11 is 0. The minimum Gasteiger partial charge on any atom is -0.319 e. The normalized spacial score (nSPS) is 13.9. The number of ketones is 1. The van der Waals surface area contributed by atoms with Gasteiger partial charge in [-0.1, -0.05) is 12.1 Å². The lowest BCUT2D eigenvalue weighted by Gasteiger charge is -2.15. The Kier molecular flexibility index (Phi) is 3.77. The second-order valence-electron chi connectivity index (χ2n) is 4.68. The summed E-state index contributed by atoms with van der Waals surface area (Å²) in [6.07, 6.45) is 1.36. The van der Waals surface area contributed by atoms with Crippen LogP contribution in [-0.4, -0.2) is 31.8 Å². The van der Waals surface area contributed by atoms with E-state index in [9.17, 15) is 9.59 Å². The van der Waals surface area contributed by atoms with Crippen LogP contribution in [0.2, 0.25) is 0 Å². The van der Waals surface area contributed by atoms with Gasteiger partial charge in [-0.15, -0.1) is 0 Å². The van der Waals surface area contributed by atoms with Crippen LogP contribution < -0.4 is 10.2 Å². The SMILES string of the molecule is CNCCc1ccc2c(c1)CC(=O)N2CC(C)=O. The summed E-state index contributed by atoms with van der Waals surface area (Å²) < 4.78 is 0. The molecular formula is C14H18N2O2. The molecule has 0 saturated carbocycles. The summed E-state index contributed by atoms with van der Waals surface area (Å²) in [7, 11) is 1.92. The van der Waals surface area contributed by atoms with Gasteiger partial charge >= 0.3 is 0 Å². The first-order valence-electron chi connectivity index (χ1n) is 6.18. The molecule has 0 unspecified atom stereocenters. The Labute approximate surface area is 107 Å². The number of amides is 1. The van der Waals surface area contributed by atoms with Crippen molar-refractivity contribution in [2.24, 2.45) is 0 Å². The van der Waals surface area contributed by atoms with Gasteiger partial charge in [0, 0.05) is 5.69 Å². The lowest BCUT2D eigenvalue weighted by Crippen LogP contribution is -2.31. The van der Waals surface area contributed by atoms with Crippen LogP contribution in [0.25, 0.3) is 0 Å². The van der Waals surface area contributed by atoms with E-state index in [0.717, 1.165) is 24.2 Å². The average Bonchev–Trinajstić information content (AvgIpc) is 2.62. The van der Waals surface area contributed by atoms with E-state index in [4.69, 9.17) is 0 Å². The maximum absolute atomic E-state index is 11.9. The topological polar surface area (TPSA) is 49.4 Å². The Bertz CT molecular complexity index is 483. The summed E-state index contributed by atoms with van der Waals surface area (Å²) in [4.78, 5) is 24.6. The molecule has 1 aromatic rings. The zero-order valence-electron chi connectivity index (χ0n) is 10.8. The average molecular weight is 246 g/mol. The molecule has 0 fully saturated rings. The third-order valence-corrected chi connectivity index (χ3v) is 3.12. The molecule has 0 aliphatic carbocycles.